The van der Waals surface area contributed by atoms with Crippen molar-refractivity contribution < 1.29 is 4.39 Å². The summed E-state index contributed by atoms with van der Waals surface area (Å²) in [4.78, 5) is 14.0. The molecule has 0 bridgehead atoms. The highest BCUT2D eigenvalue weighted by atomic mass is 35.5. The van der Waals surface area contributed by atoms with Crippen molar-refractivity contribution in [3.05, 3.63) is 70.9 Å². The normalized spacial score (nSPS) is 14.6. The van der Waals surface area contributed by atoms with Gasteiger partial charge in [0.05, 0.1) is 5.02 Å². The molecule has 0 aliphatic heterocycles. The summed E-state index contributed by atoms with van der Waals surface area (Å²) in [5.74, 6) is 1.02. The molecule has 1 aliphatic carbocycles. The van der Waals surface area contributed by atoms with Gasteiger partial charge in [0.15, 0.2) is 0 Å². The summed E-state index contributed by atoms with van der Waals surface area (Å²) in [6.45, 7) is 0. The van der Waals surface area contributed by atoms with Gasteiger partial charge in [-0.05, 0) is 60.7 Å². The van der Waals surface area contributed by atoms with E-state index in [9.17, 15) is 4.39 Å². The first kappa shape index (κ1) is 21.6. The summed E-state index contributed by atoms with van der Waals surface area (Å²) in [5, 5.41) is 3.79. The van der Waals surface area contributed by atoms with Gasteiger partial charge >= 0.3 is 0 Å². The number of hydrogen-bond acceptors (Lipinski definition) is 6. The predicted molar refractivity (Wildman–Crippen MR) is 127 cm³/mol. The zero-order valence-corrected chi connectivity index (χ0v) is 18.5. The van der Waals surface area contributed by atoms with Crippen LogP contribution >= 0.6 is 23.5 Å². The summed E-state index contributed by atoms with van der Waals surface area (Å²) in [7, 11) is 0. The molecule has 2 N–H and O–H groups in total. The van der Waals surface area contributed by atoms with Gasteiger partial charge in [-0.3, -0.25) is 0 Å². The lowest BCUT2D eigenvalue weighted by Crippen LogP contribution is -2.23. The Bertz CT molecular complexity index is 1020. The van der Waals surface area contributed by atoms with Crippen molar-refractivity contribution in [2.24, 2.45) is 0 Å². The van der Waals surface area contributed by atoms with Crippen LogP contribution in [0.4, 0.5) is 16.2 Å². The molecule has 0 unspecified atom stereocenters. The van der Waals surface area contributed by atoms with Crippen molar-refractivity contribution in [1.82, 2.24) is 15.0 Å². The third-order valence-corrected chi connectivity index (χ3v) is 6.34. The molecule has 3 aromatic rings. The first-order valence-electron chi connectivity index (χ1n) is 10.3. The summed E-state index contributed by atoms with van der Waals surface area (Å²) in [5.41, 5.74) is 1.89. The van der Waals surface area contributed by atoms with Gasteiger partial charge in [-0.25, -0.2) is 19.3 Å². The van der Waals surface area contributed by atoms with E-state index < -0.39 is 0 Å². The van der Waals surface area contributed by atoms with E-state index in [4.69, 9.17) is 11.6 Å². The molecule has 1 fully saturated rings. The minimum atomic E-state index is -0.357. The van der Waals surface area contributed by atoms with Crippen LogP contribution in [-0.4, -0.2) is 21.0 Å². The Labute approximate surface area is 190 Å². The van der Waals surface area contributed by atoms with Crippen LogP contribution in [-0.2, 0) is 0 Å². The molecule has 5 nitrogen and oxygen atoms in total. The van der Waals surface area contributed by atoms with Crippen molar-refractivity contribution in [2.75, 3.05) is 10.0 Å². The Morgan fingerprint density at radius 3 is 2.39 bits per heavy atom. The van der Waals surface area contributed by atoms with E-state index in [1.807, 2.05) is 36.7 Å². The van der Waals surface area contributed by atoms with Crippen molar-refractivity contribution in [3.63, 3.8) is 0 Å². The van der Waals surface area contributed by atoms with Crippen molar-refractivity contribution in [2.45, 2.75) is 43.0 Å². The molecule has 8 heteroatoms. The lowest BCUT2D eigenvalue weighted by Gasteiger charge is -2.22. The van der Waals surface area contributed by atoms with Crippen LogP contribution in [0, 0.1) is 5.82 Å². The van der Waals surface area contributed by atoms with Crippen molar-refractivity contribution in [1.29, 1.82) is 0 Å². The second kappa shape index (κ2) is 10.6. The lowest BCUT2D eigenvalue weighted by atomic mass is 9.96. The van der Waals surface area contributed by atoms with Crippen LogP contribution in [0.2, 0.25) is 5.02 Å². The van der Waals surface area contributed by atoms with Gasteiger partial charge in [0.25, 0.3) is 0 Å². The average Bonchev–Trinajstić information content (AvgIpc) is 2.79. The zero-order chi connectivity index (χ0) is 21.5. The van der Waals surface area contributed by atoms with E-state index in [0.717, 1.165) is 16.0 Å². The maximum atomic E-state index is 13.1. The topological polar surface area (TPSA) is 62.7 Å². The number of anilines is 2. The Balaban J connectivity index is 1.29. The minimum Gasteiger partial charge on any atom is -0.351 e. The number of nitrogens with zero attached hydrogens (tertiary/aromatic N) is 3. The standard InChI is InChI=1S/C23H23ClFN5S/c24-20-12-18(25)9-10-21(20)31-30-22-11-8-16(13-26-22)6-7-17-14-27-23(28-15-17)29-19-4-2-1-3-5-19/h6-15,19H,1-5H2,(H,26,30)(H,27,28,29)/b7-6+. The maximum absolute atomic E-state index is 13.1. The first-order valence-corrected chi connectivity index (χ1v) is 11.5. The van der Waals surface area contributed by atoms with E-state index >= 15 is 0 Å². The van der Waals surface area contributed by atoms with Gasteiger partial charge in [0.2, 0.25) is 5.95 Å². The SMILES string of the molecule is Fc1ccc(SNc2ccc(/C=C/c3cnc(NC4CCCCC4)nc3)cn2)c(Cl)c1. The number of pyridine rings is 1. The van der Waals surface area contributed by atoms with Gasteiger partial charge in [0, 0.05) is 35.1 Å². The number of nitrogens with one attached hydrogen (secondary N) is 2. The maximum Gasteiger partial charge on any atom is 0.222 e. The molecule has 31 heavy (non-hydrogen) atoms. The molecule has 0 saturated heterocycles. The highest BCUT2D eigenvalue weighted by Gasteiger charge is 2.13. The summed E-state index contributed by atoms with van der Waals surface area (Å²) < 4.78 is 16.2. The smallest absolute Gasteiger partial charge is 0.222 e. The van der Waals surface area contributed by atoms with Crippen molar-refractivity contribution >= 4 is 47.5 Å². The monoisotopic (exact) mass is 455 g/mol. The van der Waals surface area contributed by atoms with Gasteiger partial charge in [-0.2, -0.15) is 0 Å². The molecule has 1 saturated carbocycles. The first-order chi connectivity index (χ1) is 15.2. The quantitative estimate of drug-likeness (QED) is 0.386. The highest BCUT2D eigenvalue weighted by molar-refractivity contribution is 8.00. The van der Waals surface area contributed by atoms with Gasteiger partial charge in [0.1, 0.15) is 11.6 Å². The Morgan fingerprint density at radius 1 is 0.935 bits per heavy atom. The van der Waals surface area contributed by atoms with Crippen LogP contribution in [0.15, 0.2) is 53.8 Å². The Morgan fingerprint density at radius 2 is 1.68 bits per heavy atom. The highest BCUT2D eigenvalue weighted by Crippen LogP contribution is 2.28. The van der Waals surface area contributed by atoms with E-state index in [2.05, 4.69) is 25.0 Å². The van der Waals surface area contributed by atoms with E-state index in [1.54, 1.807) is 12.3 Å². The van der Waals surface area contributed by atoms with Gasteiger partial charge in [-0.15, -0.1) is 0 Å². The molecule has 160 valence electrons. The van der Waals surface area contributed by atoms with Gasteiger partial charge in [-0.1, -0.05) is 43.0 Å². The molecule has 2 heterocycles. The molecule has 0 amide bonds. The fourth-order valence-electron chi connectivity index (χ4n) is 3.35. The summed E-state index contributed by atoms with van der Waals surface area (Å²) in [6, 6.07) is 8.61. The molecule has 1 aliphatic rings. The lowest BCUT2D eigenvalue weighted by molar-refractivity contribution is 0.461. The summed E-state index contributed by atoms with van der Waals surface area (Å²) >= 11 is 7.32. The number of benzene rings is 1. The third-order valence-electron chi connectivity index (χ3n) is 5.02. The molecule has 1 aromatic carbocycles. The van der Waals surface area contributed by atoms with E-state index in [1.165, 1.54) is 56.2 Å². The third kappa shape index (κ3) is 6.42. The molecule has 0 spiro atoms. The van der Waals surface area contributed by atoms with Crippen LogP contribution < -0.4 is 10.0 Å². The zero-order valence-electron chi connectivity index (χ0n) is 16.9. The molecular formula is C23H23ClFN5S. The van der Waals surface area contributed by atoms with E-state index in [-0.39, 0.29) is 5.82 Å². The predicted octanol–water partition coefficient (Wildman–Crippen LogP) is 6.70. The number of halogens is 2. The molecule has 4 rings (SSSR count). The van der Waals surface area contributed by atoms with Crippen molar-refractivity contribution in [3.8, 4) is 0 Å². The number of rotatable bonds is 7. The number of hydrogen-bond donors (Lipinski definition) is 2. The average molecular weight is 456 g/mol. The van der Waals surface area contributed by atoms with Crippen LogP contribution in [0.1, 0.15) is 43.2 Å². The minimum absolute atomic E-state index is 0.357. The van der Waals surface area contributed by atoms with Gasteiger partial charge < -0.3 is 10.0 Å². The Hall–Kier alpha value is -2.64. The fraction of sp³-hybridized carbons (Fsp3) is 0.261. The molecule has 2 aromatic heterocycles. The van der Waals surface area contributed by atoms with Crippen LogP contribution in [0.3, 0.4) is 0 Å². The largest absolute Gasteiger partial charge is 0.351 e. The molecule has 0 radical (unpaired) electrons. The molecular weight excluding hydrogens is 433 g/mol. The van der Waals surface area contributed by atoms with Crippen LogP contribution in [0.25, 0.3) is 12.2 Å². The number of aromatic nitrogens is 3. The summed E-state index contributed by atoms with van der Waals surface area (Å²) in [6.07, 6.45) is 15.6. The van der Waals surface area contributed by atoms with Crippen LogP contribution in [0.5, 0.6) is 0 Å². The second-order valence-electron chi connectivity index (χ2n) is 7.41. The second-order valence-corrected chi connectivity index (χ2v) is 8.66. The fourth-order valence-corrected chi connectivity index (χ4v) is 4.26. The van der Waals surface area contributed by atoms with E-state index in [0.29, 0.717) is 22.8 Å². The molecule has 0 atom stereocenters. The Kier molecular flexibility index (Phi) is 7.38.